The number of anilines is 1. The summed E-state index contributed by atoms with van der Waals surface area (Å²) in [6, 6.07) is 12.6. The highest BCUT2D eigenvalue weighted by molar-refractivity contribution is 6.31. The maximum Gasteiger partial charge on any atom is 0.337 e. The summed E-state index contributed by atoms with van der Waals surface area (Å²) in [6.45, 7) is 18.0. The molecule has 1 unspecified atom stereocenters. The first-order chi connectivity index (χ1) is 21.2. The topological polar surface area (TPSA) is 86.1 Å². The molecule has 0 amide bonds. The molecule has 1 fully saturated rings. The van der Waals surface area contributed by atoms with Crippen molar-refractivity contribution in [1.82, 2.24) is 9.88 Å². The monoisotopic (exact) mass is 633 g/mol. The second-order valence-corrected chi connectivity index (χ2v) is 14.9. The molecule has 1 saturated heterocycles. The van der Waals surface area contributed by atoms with Gasteiger partial charge in [0.1, 0.15) is 0 Å². The Morgan fingerprint density at radius 1 is 1.09 bits per heavy atom. The van der Waals surface area contributed by atoms with Gasteiger partial charge >= 0.3 is 5.97 Å². The number of rotatable bonds is 8. The van der Waals surface area contributed by atoms with Gasteiger partial charge < -0.3 is 19.8 Å². The van der Waals surface area contributed by atoms with E-state index in [9.17, 15) is 15.0 Å². The van der Waals surface area contributed by atoms with Gasteiger partial charge in [0, 0.05) is 54.6 Å². The zero-order valence-corrected chi connectivity index (χ0v) is 28.6. The number of aryl methyl sites for hydroxylation is 2. The molecule has 3 aromatic rings. The van der Waals surface area contributed by atoms with Crippen LogP contribution >= 0.6 is 11.6 Å². The van der Waals surface area contributed by atoms with Crippen LogP contribution in [0.25, 0.3) is 11.1 Å². The third-order valence-electron chi connectivity index (χ3n) is 9.33. The van der Waals surface area contributed by atoms with Gasteiger partial charge in [-0.25, -0.2) is 4.79 Å². The molecule has 3 heterocycles. The number of carboxylic acid groups (broad SMARTS) is 1. The molecule has 45 heavy (non-hydrogen) atoms. The van der Waals surface area contributed by atoms with Crippen molar-refractivity contribution in [3.63, 3.8) is 0 Å². The number of benzene rings is 2. The van der Waals surface area contributed by atoms with Crippen LogP contribution in [-0.4, -0.2) is 51.3 Å². The van der Waals surface area contributed by atoms with E-state index < -0.39 is 17.7 Å². The fraction of sp³-hybridized carbons (Fsp3) is 0.514. The predicted molar refractivity (Wildman–Crippen MR) is 181 cm³/mol. The van der Waals surface area contributed by atoms with E-state index in [0.717, 1.165) is 73.8 Å². The lowest BCUT2D eigenvalue weighted by Crippen LogP contribution is -2.39. The van der Waals surface area contributed by atoms with Crippen LogP contribution in [0, 0.1) is 19.3 Å². The Morgan fingerprint density at radius 2 is 1.80 bits per heavy atom. The van der Waals surface area contributed by atoms with E-state index >= 15 is 0 Å². The third-order valence-corrected chi connectivity index (χ3v) is 9.69. The van der Waals surface area contributed by atoms with Crippen molar-refractivity contribution in [2.45, 2.75) is 99.1 Å². The number of hydrogen-bond acceptors (Lipinski definition) is 6. The van der Waals surface area contributed by atoms with E-state index in [1.54, 1.807) is 0 Å². The lowest BCUT2D eigenvalue weighted by molar-refractivity contribution is -0.160. The summed E-state index contributed by atoms with van der Waals surface area (Å²) >= 11 is 6.56. The van der Waals surface area contributed by atoms with E-state index in [4.69, 9.17) is 21.3 Å². The molecule has 0 saturated carbocycles. The van der Waals surface area contributed by atoms with Crippen LogP contribution in [0.1, 0.15) is 92.8 Å². The van der Waals surface area contributed by atoms with Crippen LogP contribution in [-0.2, 0) is 35.6 Å². The Labute approximate surface area is 273 Å². The Balaban J connectivity index is 1.60. The molecule has 0 bridgehead atoms. The molecule has 7 nitrogen and oxygen atoms in total. The van der Waals surface area contributed by atoms with Crippen LogP contribution in [0.3, 0.4) is 0 Å². The minimum absolute atomic E-state index is 0.201. The first-order valence-electron chi connectivity index (χ1n) is 16.1. The van der Waals surface area contributed by atoms with Gasteiger partial charge in [0.25, 0.3) is 0 Å². The van der Waals surface area contributed by atoms with Gasteiger partial charge in [-0.1, -0.05) is 55.8 Å². The molecule has 0 aliphatic carbocycles. The molecule has 8 heteroatoms. The van der Waals surface area contributed by atoms with Crippen molar-refractivity contribution in [2.75, 3.05) is 24.5 Å². The predicted octanol–water partition coefficient (Wildman–Crippen LogP) is 7.64. The standard InChI is InChI=1S/C37H48ClN3O4/c1-23-9-8-10-29(38)28(23)21-40-16-13-25-19-26(11-12-27(25)20-40)32-30(22-42)39-24(2)31(34(35(43)44)45-36(3,4)5)33(32)41-17-14-37(6,7)15-18-41/h8-12,19,34,42H,13-18,20-22H2,1-7H3,(H,43,44). The quantitative estimate of drug-likeness (QED) is 0.264. The number of halogens is 1. The first-order valence-corrected chi connectivity index (χ1v) is 16.4. The number of aliphatic carboxylic acids is 1. The van der Waals surface area contributed by atoms with Gasteiger partial charge in [0.05, 0.1) is 23.6 Å². The van der Waals surface area contributed by atoms with Gasteiger partial charge in [-0.3, -0.25) is 9.88 Å². The molecule has 1 aromatic heterocycles. The molecule has 0 spiro atoms. The van der Waals surface area contributed by atoms with Crippen LogP contribution in [0.4, 0.5) is 5.69 Å². The number of nitrogens with zero attached hydrogens (tertiary/aromatic N) is 3. The molecule has 5 rings (SSSR count). The number of piperidine rings is 1. The number of carbonyl (C=O) groups is 1. The summed E-state index contributed by atoms with van der Waals surface area (Å²) in [5, 5.41) is 21.9. The normalized spacial score (nSPS) is 17.7. The van der Waals surface area contributed by atoms with Crippen LogP contribution in [0.15, 0.2) is 36.4 Å². The number of hydrogen-bond donors (Lipinski definition) is 2. The van der Waals surface area contributed by atoms with Crippen molar-refractivity contribution >= 4 is 23.3 Å². The summed E-state index contributed by atoms with van der Waals surface area (Å²) in [7, 11) is 0. The maximum absolute atomic E-state index is 12.8. The fourth-order valence-corrected chi connectivity index (χ4v) is 7.02. The first kappa shape index (κ1) is 33.4. The SMILES string of the molecule is Cc1cccc(Cl)c1CN1CCc2cc(-c3c(CO)nc(C)c(C(OC(C)(C)C)C(=O)O)c3N3CCC(C)(C)CC3)ccc2C1. The Morgan fingerprint density at radius 3 is 2.42 bits per heavy atom. The number of aromatic nitrogens is 1. The minimum atomic E-state index is -1.20. The fourth-order valence-electron chi connectivity index (χ4n) is 6.74. The molecule has 2 aliphatic heterocycles. The second-order valence-electron chi connectivity index (χ2n) is 14.5. The van der Waals surface area contributed by atoms with Gasteiger partial charge in [0.2, 0.25) is 0 Å². The Kier molecular flexibility index (Phi) is 9.67. The molecule has 242 valence electrons. The van der Waals surface area contributed by atoms with Crippen molar-refractivity contribution < 1.29 is 19.7 Å². The van der Waals surface area contributed by atoms with E-state index in [1.165, 1.54) is 22.3 Å². The highest BCUT2D eigenvalue weighted by Gasteiger charge is 2.37. The van der Waals surface area contributed by atoms with Gasteiger partial charge in [0.15, 0.2) is 6.10 Å². The maximum atomic E-state index is 12.8. The molecule has 2 aromatic carbocycles. The summed E-state index contributed by atoms with van der Waals surface area (Å²) in [4.78, 5) is 22.4. The Bertz CT molecular complexity index is 1550. The van der Waals surface area contributed by atoms with Crippen LogP contribution in [0.5, 0.6) is 0 Å². The van der Waals surface area contributed by atoms with E-state index in [1.807, 2.05) is 39.8 Å². The smallest absolute Gasteiger partial charge is 0.337 e. The van der Waals surface area contributed by atoms with E-state index in [0.29, 0.717) is 17.0 Å². The largest absolute Gasteiger partial charge is 0.479 e. The lowest BCUT2D eigenvalue weighted by atomic mass is 9.81. The zero-order valence-electron chi connectivity index (χ0n) is 27.8. The van der Waals surface area contributed by atoms with Crippen LogP contribution < -0.4 is 4.90 Å². The molecule has 1 atom stereocenters. The van der Waals surface area contributed by atoms with Gasteiger partial charge in [-0.05, 0) is 93.2 Å². The summed E-state index contributed by atoms with van der Waals surface area (Å²) in [6.07, 6.45) is 1.63. The minimum Gasteiger partial charge on any atom is -0.479 e. The number of pyridine rings is 1. The number of carboxylic acids is 1. The van der Waals surface area contributed by atoms with E-state index in [2.05, 4.69) is 54.8 Å². The summed E-state index contributed by atoms with van der Waals surface area (Å²) in [5.41, 5.74) is 8.69. The second kappa shape index (κ2) is 13.0. The van der Waals surface area contributed by atoms with Crippen molar-refractivity contribution in [3.8, 4) is 11.1 Å². The third kappa shape index (κ3) is 7.38. The number of fused-ring (bicyclic) bond motifs is 1. The average Bonchev–Trinajstić information content (AvgIpc) is 2.97. The average molecular weight is 634 g/mol. The lowest BCUT2D eigenvalue weighted by Gasteiger charge is -2.41. The van der Waals surface area contributed by atoms with Crippen molar-refractivity contribution in [1.29, 1.82) is 0 Å². The zero-order chi connectivity index (χ0) is 32.7. The highest BCUT2D eigenvalue weighted by atomic mass is 35.5. The molecule has 2 N–H and O–H groups in total. The number of aliphatic hydroxyl groups is 1. The Hall–Kier alpha value is -2.97. The molecule has 2 aliphatic rings. The van der Waals surface area contributed by atoms with Gasteiger partial charge in [-0.2, -0.15) is 0 Å². The molecular weight excluding hydrogens is 586 g/mol. The highest BCUT2D eigenvalue weighted by Crippen LogP contribution is 2.45. The summed E-state index contributed by atoms with van der Waals surface area (Å²) in [5.74, 6) is -1.05. The van der Waals surface area contributed by atoms with Crippen LogP contribution in [0.2, 0.25) is 5.02 Å². The summed E-state index contributed by atoms with van der Waals surface area (Å²) < 4.78 is 6.23. The van der Waals surface area contributed by atoms with Crippen molar-refractivity contribution in [2.24, 2.45) is 5.41 Å². The van der Waals surface area contributed by atoms with Gasteiger partial charge in [-0.15, -0.1) is 0 Å². The number of ether oxygens (including phenoxy) is 1. The molecule has 0 radical (unpaired) electrons. The van der Waals surface area contributed by atoms with Crippen molar-refractivity contribution in [3.05, 3.63) is 80.6 Å². The molecular formula is C37H48ClN3O4. The van der Waals surface area contributed by atoms with E-state index in [-0.39, 0.29) is 12.0 Å². The number of aliphatic hydroxyl groups excluding tert-OH is 1.